The Morgan fingerprint density at radius 1 is 1.21 bits per heavy atom. The van der Waals surface area contributed by atoms with Gasteiger partial charge in [-0.15, -0.1) is 11.3 Å². The molecule has 2 aliphatic rings. The molecule has 0 radical (unpaired) electrons. The summed E-state index contributed by atoms with van der Waals surface area (Å²) in [4.78, 5) is 25.0. The molecule has 3 rings (SSSR count). The van der Waals surface area contributed by atoms with Gasteiger partial charge in [0.1, 0.15) is 11.1 Å². The highest BCUT2D eigenvalue weighted by atomic mass is 32.1. The Kier molecular flexibility index (Phi) is 5.52. The fourth-order valence-corrected chi connectivity index (χ4v) is 4.85. The molecule has 128 valence electrons. The summed E-state index contributed by atoms with van der Waals surface area (Å²) in [5, 5.41) is 12.7. The zero-order valence-electron chi connectivity index (χ0n) is 13.7. The number of hydrogen-bond acceptors (Lipinski definition) is 5. The van der Waals surface area contributed by atoms with Gasteiger partial charge in [-0.3, -0.25) is 9.59 Å². The van der Waals surface area contributed by atoms with Crippen LogP contribution in [-0.2, 0) is 27.2 Å². The number of esters is 1. The number of fused-ring (bicyclic) bond motifs is 1. The van der Waals surface area contributed by atoms with Crippen molar-refractivity contribution >= 4 is 28.2 Å². The lowest BCUT2D eigenvalue weighted by molar-refractivity contribution is -0.148. The number of ether oxygens (including phenoxy) is 1. The third-order valence-electron chi connectivity index (χ3n) is 4.83. The third kappa shape index (κ3) is 3.96. The Bertz CT molecular complexity index is 669. The van der Waals surface area contributed by atoms with E-state index >= 15 is 0 Å². The molecule has 0 atom stereocenters. The van der Waals surface area contributed by atoms with Crippen LogP contribution in [-0.4, -0.2) is 18.5 Å². The Morgan fingerprint density at radius 3 is 2.71 bits per heavy atom. The van der Waals surface area contributed by atoms with Crippen LogP contribution in [0.25, 0.3) is 0 Å². The second-order valence-corrected chi connectivity index (χ2v) is 7.70. The minimum atomic E-state index is -0.370. The largest absolute Gasteiger partial charge is 0.456 e. The van der Waals surface area contributed by atoms with Crippen molar-refractivity contribution < 1.29 is 14.3 Å². The summed E-state index contributed by atoms with van der Waals surface area (Å²) in [6.07, 6.45) is 9.01. The SMILES string of the molecule is N#Cc1c(NC(=O)COC(=O)CC2CCCC2)sc2c1CCCC2. The number of nitrogens with one attached hydrogen (secondary N) is 1. The van der Waals surface area contributed by atoms with Crippen molar-refractivity contribution in [1.29, 1.82) is 5.26 Å². The first kappa shape index (κ1) is 17.0. The monoisotopic (exact) mass is 346 g/mol. The van der Waals surface area contributed by atoms with Crippen molar-refractivity contribution in [3.05, 3.63) is 16.0 Å². The maximum absolute atomic E-state index is 12.0. The van der Waals surface area contributed by atoms with Gasteiger partial charge in [-0.25, -0.2) is 0 Å². The van der Waals surface area contributed by atoms with E-state index in [1.165, 1.54) is 29.1 Å². The molecule has 0 unspecified atom stereocenters. The molecule has 1 aromatic heterocycles. The van der Waals surface area contributed by atoms with E-state index < -0.39 is 0 Å². The lowest BCUT2D eigenvalue weighted by atomic mass is 9.96. The molecule has 1 aromatic rings. The van der Waals surface area contributed by atoms with E-state index in [2.05, 4.69) is 11.4 Å². The van der Waals surface area contributed by atoms with Gasteiger partial charge < -0.3 is 10.1 Å². The van der Waals surface area contributed by atoms with Crippen LogP contribution in [0.1, 0.15) is 60.9 Å². The molecule has 1 fully saturated rings. The van der Waals surface area contributed by atoms with Crippen molar-refractivity contribution in [3.63, 3.8) is 0 Å². The molecule has 0 saturated heterocycles. The number of carbonyl (C=O) groups excluding carboxylic acids is 2. The van der Waals surface area contributed by atoms with Crippen LogP contribution in [0.3, 0.4) is 0 Å². The van der Waals surface area contributed by atoms with Crippen LogP contribution in [0.2, 0.25) is 0 Å². The summed E-state index contributed by atoms with van der Waals surface area (Å²) < 4.78 is 5.08. The third-order valence-corrected chi connectivity index (χ3v) is 6.04. The number of nitrogens with zero attached hydrogens (tertiary/aromatic N) is 1. The number of rotatable bonds is 5. The van der Waals surface area contributed by atoms with Crippen LogP contribution in [0.5, 0.6) is 0 Å². The quantitative estimate of drug-likeness (QED) is 0.827. The van der Waals surface area contributed by atoms with Crippen molar-refractivity contribution in [2.75, 3.05) is 11.9 Å². The predicted octanol–water partition coefficient (Wildman–Crippen LogP) is 3.56. The van der Waals surface area contributed by atoms with Crippen LogP contribution in [0, 0.1) is 17.2 Å². The lowest BCUT2D eigenvalue weighted by Gasteiger charge is -2.09. The van der Waals surface area contributed by atoms with Crippen molar-refractivity contribution in [1.82, 2.24) is 0 Å². The van der Waals surface area contributed by atoms with Crippen LogP contribution < -0.4 is 5.32 Å². The lowest BCUT2D eigenvalue weighted by Crippen LogP contribution is -2.21. The molecule has 1 N–H and O–H groups in total. The maximum atomic E-state index is 12.0. The number of hydrogen-bond donors (Lipinski definition) is 1. The molecule has 5 nitrogen and oxygen atoms in total. The van der Waals surface area contributed by atoms with E-state index in [0.29, 0.717) is 22.9 Å². The summed E-state index contributed by atoms with van der Waals surface area (Å²) in [7, 11) is 0. The van der Waals surface area contributed by atoms with Gasteiger partial charge in [-0.1, -0.05) is 12.8 Å². The molecule has 0 aliphatic heterocycles. The average Bonchev–Trinajstić information content (AvgIpc) is 3.19. The second-order valence-electron chi connectivity index (χ2n) is 6.59. The highest BCUT2D eigenvalue weighted by Crippen LogP contribution is 2.37. The Labute approximate surface area is 146 Å². The Hall–Kier alpha value is -1.87. The Balaban J connectivity index is 1.52. The zero-order valence-corrected chi connectivity index (χ0v) is 14.5. The number of thiophene rings is 1. The summed E-state index contributed by atoms with van der Waals surface area (Å²) in [5.41, 5.74) is 1.67. The van der Waals surface area contributed by atoms with Gasteiger partial charge in [0, 0.05) is 11.3 Å². The highest BCUT2D eigenvalue weighted by molar-refractivity contribution is 7.16. The van der Waals surface area contributed by atoms with E-state index in [9.17, 15) is 14.9 Å². The van der Waals surface area contributed by atoms with Gasteiger partial charge in [0.2, 0.25) is 0 Å². The number of nitriles is 1. The van der Waals surface area contributed by atoms with Gasteiger partial charge >= 0.3 is 5.97 Å². The molecular weight excluding hydrogens is 324 g/mol. The molecule has 6 heteroatoms. The fourth-order valence-electron chi connectivity index (χ4n) is 3.59. The van der Waals surface area contributed by atoms with E-state index in [4.69, 9.17) is 4.74 Å². The van der Waals surface area contributed by atoms with Crippen LogP contribution in [0.4, 0.5) is 5.00 Å². The van der Waals surface area contributed by atoms with Gasteiger partial charge in [0.25, 0.3) is 5.91 Å². The topological polar surface area (TPSA) is 79.2 Å². The molecule has 1 saturated carbocycles. The standard InChI is InChI=1S/C18H22N2O3S/c19-10-14-13-7-3-4-8-15(13)24-18(14)20-16(21)11-23-17(22)9-12-5-1-2-6-12/h12H,1-9,11H2,(H,20,21). The van der Waals surface area contributed by atoms with Crippen molar-refractivity contribution in [2.24, 2.45) is 5.92 Å². The summed E-state index contributed by atoms with van der Waals surface area (Å²) in [6.45, 7) is -0.279. The van der Waals surface area contributed by atoms with Crippen LogP contribution in [0.15, 0.2) is 0 Å². The maximum Gasteiger partial charge on any atom is 0.306 e. The smallest absolute Gasteiger partial charge is 0.306 e. The second kappa shape index (κ2) is 7.80. The van der Waals surface area contributed by atoms with E-state index in [1.54, 1.807) is 0 Å². The van der Waals surface area contributed by atoms with Crippen molar-refractivity contribution in [3.8, 4) is 6.07 Å². The number of amides is 1. The summed E-state index contributed by atoms with van der Waals surface area (Å²) in [6, 6.07) is 2.21. The fraction of sp³-hybridized carbons (Fsp3) is 0.611. The molecular formula is C18H22N2O3S. The first-order chi connectivity index (χ1) is 11.7. The highest BCUT2D eigenvalue weighted by Gasteiger charge is 2.23. The average molecular weight is 346 g/mol. The van der Waals surface area contributed by atoms with E-state index in [1.807, 2.05) is 0 Å². The molecule has 0 spiro atoms. The molecule has 24 heavy (non-hydrogen) atoms. The van der Waals surface area contributed by atoms with E-state index in [-0.39, 0.29) is 18.5 Å². The number of anilines is 1. The predicted molar refractivity (Wildman–Crippen MR) is 91.8 cm³/mol. The number of carbonyl (C=O) groups is 2. The molecule has 0 aromatic carbocycles. The summed E-state index contributed by atoms with van der Waals surface area (Å²) in [5.74, 6) is -0.261. The molecule has 2 aliphatic carbocycles. The minimum absolute atomic E-state index is 0.279. The van der Waals surface area contributed by atoms with E-state index in [0.717, 1.165) is 44.1 Å². The minimum Gasteiger partial charge on any atom is -0.456 e. The van der Waals surface area contributed by atoms with Crippen LogP contribution >= 0.6 is 11.3 Å². The van der Waals surface area contributed by atoms with Gasteiger partial charge in [0.15, 0.2) is 6.61 Å². The van der Waals surface area contributed by atoms with Crippen molar-refractivity contribution in [2.45, 2.75) is 57.8 Å². The summed E-state index contributed by atoms with van der Waals surface area (Å²) >= 11 is 1.48. The first-order valence-corrected chi connectivity index (χ1v) is 9.49. The normalized spacial score (nSPS) is 17.1. The Morgan fingerprint density at radius 2 is 1.96 bits per heavy atom. The molecule has 0 bridgehead atoms. The van der Waals surface area contributed by atoms with Gasteiger partial charge in [-0.05, 0) is 50.0 Å². The molecule has 1 heterocycles. The van der Waals surface area contributed by atoms with Gasteiger partial charge in [-0.2, -0.15) is 5.26 Å². The molecule has 1 amide bonds. The zero-order chi connectivity index (χ0) is 16.9. The van der Waals surface area contributed by atoms with Gasteiger partial charge in [0.05, 0.1) is 5.56 Å². The first-order valence-electron chi connectivity index (χ1n) is 8.67. The number of aryl methyl sites for hydroxylation is 1.